The molecule has 8 aliphatic heterocycles. The minimum atomic E-state index is 0.368. The van der Waals surface area contributed by atoms with E-state index in [4.69, 9.17) is 0 Å². The summed E-state index contributed by atoms with van der Waals surface area (Å²) in [5.41, 5.74) is 0. The summed E-state index contributed by atoms with van der Waals surface area (Å²) in [6.45, 7) is 4.39. The zero-order chi connectivity index (χ0) is 27.6. The van der Waals surface area contributed by atoms with Gasteiger partial charge in [0.05, 0.1) is 48.8 Å². The Labute approximate surface area is 252 Å². The Morgan fingerprint density at radius 2 is 0.881 bits per heavy atom. The van der Waals surface area contributed by atoms with Crippen LogP contribution in [0.25, 0.3) is 0 Å². The molecular formula is C34H50N8. The molecule has 0 amide bonds. The van der Waals surface area contributed by atoms with Gasteiger partial charge in [-0.05, 0) is 95.8 Å². The molecule has 12 unspecified atom stereocenters. The molecule has 8 heteroatoms. The van der Waals surface area contributed by atoms with Crippen LogP contribution in [0, 0.1) is 23.7 Å². The number of nitrogens with zero attached hydrogens (tertiary/aromatic N) is 4. The highest BCUT2D eigenvalue weighted by atomic mass is 15.4. The fraction of sp³-hybridized carbons (Fsp3) is 0.706. The quantitative estimate of drug-likeness (QED) is 0.385. The van der Waals surface area contributed by atoms with Gasteiger partial charge in [0.25, 0.3) is 0 Å². The third kappa shape index (κ3) is 4.23. The van der Waals surface area contributed by atoms with Gasteiger partial charge in [-0.15, -0.1) is 0 Å². The third-order valence-corrected chi connectivity index (χ3v) is 12.3. The van der Waals surface area contributed by atoms with Crippen LogP contribution in [0.5, 0.6) is 0 Å². The predicted octanol–water partition coefficient (Wildman–Crippen LogP) is 2.65. The minimum absolute atomic E-state index is 0.368. The topological polar surface area (TPSA) is 61.1 Å². The van der Waals surface area contributed by atoms with Crippen LogP contribution >= 0.6 is 0 Å². The van der Waals surface area contributed by atoms with Crippen LogP contribution in [-0.4, -0.2) is 94.6 Å². The molecule has 0 aromatic heterocycles. The van der Waals surface area contributed by atoms with E-state index in [9.17, 15) is 0 Å². The van der Waals surface area contributed by atoms with E-state index < -0.39 is 0 Å². The number of nitrogens with one attached hydrogen (secondary N) is 4. The highest BCUT2D eigenvalue weighted by Gasteiger charge is 2.53. The first-order chi connectivity index (χ1) is 20.8. The van der Waals surface area contributed by atoms with Crippen molar-refractivity contribution >= 4 is 0 Å². The first-order valence-corrected chi connectivity index (χ1v) is 17.3. The van der Waals surface area contributed by atoms with E-state index in [0.717, 1.165) is 26.2 Å². The number of piperidine rings is 3. The fourth-order valence-electron chi connectivity index (χ4n) is 10.3. The van der Waals surface area contributed by atoms with Gasteiger partial charge in [0.15, 0.2) is 0 Å². The van der Waals surface area contributed by atoms with Crippen molar-refractivity contribution in [3.05, 3.63) is 61.3 Å². The molecular weight excluding hydrogens is 520 g/mol. The van der Waals surface area contributed by atoms with Crippen molar-refractivity contribution in [1.29, 1.82) is 0 Å². The first kappa shape index (κ1) is 26.2. The zero-order valence-corrected chi connectivity index (χ0v) is 25.0. The second kappa shape index (κ2) is 10.7. The van der Waals surface area contributed by atoms with Gasteiger partial charge in [0, 0.05) is 30.2 Å². The molecule has 9 aliphatic rings. The molecule has 0 spiro atoms. The Bertz CT molecular complexity index is 1160. The summed E-state index contributed by atoms with van der Waals surface area (Å²) in [6, 6.07) is 1.83. The molecule has 42 heavy (non-hydrogen) atoms. The SMILES string of the molecule is C1=CC2C=CN(C3CC(N4C=CC5CCCNC54)C(N4C=CC5CCCNC54)CC3N3C=CC4CCCNC43)C2NC1. The molecule has 1 saturated carbocycles. The van der Waals surface area contributed by atoms with E-state index in [-0.39, 0.29) is 0 Å². The van der Waals surface area contributed by atoms with Crippen LogP contribution in [-0.2, 0) is 0 Å². The molecule has 3 saturated heterocycles. The van der Waals surface area contributed by atoms with Gasteiger partial charge < -0.3 is 19.6 Å². The minimum Gasteiger partial charge on any atom is -0.357 e. The van der Waals surface area contributed by atoms with Crippen LogP contribution in [0.1, 0.15) is 51.4 Å². The smallest absolute Gasteiger partial charge is 0.0895 e. The van der Waals surface area contributed by atoms with E-state index in [1.165, 1.54) is 51.4 Å². The number of fused-ring (bicyclic) bond motifs is 4. The maximum Gasteiger partial charge on any atom is 0.0895 e. The predicted molar refractivity (Wildman–Crippen MR) is 166 cm³/mol. The molecule has 4 N–H and O–H groups in total. The van der Waals surface area contributed by atoms with Crippen LogP contribution in [0.3, 0.4) is 0 Å². The van der Waals surface area contributed by atoms with Crippen LogP contribution in [0.15, 0.2) is 61.3 Å². The van der Waals surface area contributed by atoms with Gasteiger partial charge in [-0.3, -0.25) is 21.3 Å². The van der Waals surface area contributed by atoms with Gasteiger partial charge in [0.1, 0.15) is 0 Å². The lowest BCUT2D eigenvalue weighted by atomic mass is 9.78. The molecule has 1 aliphatic carbocycles. The van der Waals surface area contributed by atoms with Crippen molar-refractivity contribution in [1.82, 2.24) is 40.9 Å². The van der Waals surface area contributed by atoms with Crippen molar-refractivity contribution in [2.24, 2.45) is 23.7 Å². The summed E-state index contributed by atoms with van der Waals surface area (Å²) in [7, 11) is 0. The third-order valence-electron chi connectivity index (χ3n) is 12.3. The highest BCUT2D eigenvalue weighted by molar-refractivity contribution is 5.22. The van der Waals surface area contributed by atoms with Gasteiger partial charge in [0.2, 0.25) is 0 Å². The summed E-state index contributed by atoms with van der Waals surface area (Å²) in [4.78, 5) is 11.1. The Morgan fingerprint density at radius 1 is 0.452 bits per heavy atom. The van der Waals surface area contributed by atoms with E-state index >= 15 is 0 Å². The average molecular weight is 571 g/mol. The number of hydrogen-bond acceptors (Lipinski definition) is 8. The van der Waals surface area contributed by atoms with Gasteiger partial charge >= 0.3 is 0 Å². The Hall–Kier alpha value is -2.26. The molecule has 8 nitrogen and oxygen atoms in total. The second-order valence-corrected chi connectivity index (χ2v) is 14.4. The molecule has 8 heterocycles. The molecule has 0 aromatic carbocycles. The number of rotatable bonds is 4. The Kier molecular flexibility index (Phi) is 6.68. The zero-order valence-electron chi connectivity index (χ0n) is 25.0. The van der Waals surface area contributed by atoms with Crippen LogP contribution < -0.4 is 21.3 Å². The first-order valence-electron chi connectivity index (χ1n) is 17.3. The van der Waals surface area contributed by atoms with Crippen LogP contribution in [0.4, 0.5) is 0 Å². The largest absolute Gasteiger partial charge is 0.357 e. The van der Waals surface area contributed by atoms with E-state index in [2.05, 4.69) is 102 Å². The van der Waals surface area contributed by atoms with Gasteiger partial charge in [-0.2, -0.15) is 0 Å². The van der Waals surface area contributed by atoms with E-state index in [0.29, 0.717) is 72.5 Å². The van der Waals surface area contributed by atoms with Gasteiger partial charge in [-0.1, -0.05) is 36.5 Å². The maximum atomic E-state index is 3.96. The summed E-state index contributed by atoms with van der Waals surface area (Å²) >= 11 is 0. The molecule has 9 rings (SSSR count). The Balaban J connectivity index is 1.09. The van der Waals surface area contributed by atoms with E-state index in [1.54, 1.807) is 0 Å². The highest BCUT2D eigenvalue weighted by Crippen LogP contribution is 2.44. The second-order valence-electron chi connectivity index (χ2n) is 14.4. The summed E-state index contributed by atoms with van der Waals surface area (Å²) in [5, 5.41) is 15.8. The lowest BCUT2D eigenvalue weighted by Gasteiger charge is -2.57. The van der Waals surface area contributed by atoms with Crippen LogP contribution in [0.2, 0.25) is 0 Å². The normalized spacial score (nSPS) is 47.2. The number of hydrogen-bond donors (Lipinski definition) is 4. The van der Waals surface area contributed by atoms with Crippen molar-refractivity contribution in [2.45, 2.75) is 100 Å². The fourth-order valence-corrected chi connectivity index (χ4v) is 10.3. The molecule has 0 radical (unpaired) electrons. The van der Waals surface area contributed by atoms with Crippen molar-refractivity contribution in [3.63, 3.8) is 0 Å². The monoisotopic (exact) mass is 570 g/mol. The molecule has 12 atom stereocenters. The lowest BCUT2D eigenvalue weighted by molar-refractivity contribution is -0.0440. The molecule has 226 valence electrons. The summed E-state index contributed by atoms with van der Waals surface area (Å²) in [5.74, 6) is 2.38. The average Bonchev–Trinajstić information content (AvgIpc) is 3.84. The summed E-state index contributed by atoms with van der Waals surface area (Å²) < 4.78 is 0. The van der Waals surface area contributed by atoms with Crippen molar-refractivity contribution in [3.8, 4) is 0 Å². The van der Waals surface area contributed by atoms with Gasteiger partial charge in [-0.25, -0.2) is 0 Å². The Morgan fingerprint density at radius 3 is 1.36 bits per heavy atom. The molecule has 4 fully saturated rings. The van der Waals surface area contributed by atoms with E-state index in [1.807, 2.05) is 0 Å². The molecule has 0 aromatic rings. The maximum absolute atomic E-state index is 3.96. The lowest BCUT2D eigenvalue weighted by Crippen LogP contribution is -2.69. The van der Waals surface area contributed by atoms with Crippen molar-refractivity contribution < 1.29 is 0 Å². The van der Waals surface area contributed by atoms with Crippen molar-refractivity contribution in [2.75, 3.05) is 26.2 Å². The summed E-state index contributed by atoms with van der Waals surface area (Å²) in [6.07, 6.45) is 36.5. The standard InChI is InChI=1S/C34H50N8/c1-5-23-9-17-39(31(23)35-13-1)27-21-29(41-19-11-25-7-3-15-37-33(25)41)30(42-20-12-26-8-4-16-38-34(26)42)22-28(27)40-18-10-24-6-2-14-36-32(24)40/h1,5,9-12,17-20,23-38H,2-4,6-8,13-16,21-22H2. The molecule has 0 bridgehead atoms.